The number of rotatable bonds is 0. The molecule has 0 spiro atoms. The second-order valence-electron chi connectivity index (χ2n) is 2.51. The molecule has 0 saturated heterocycles. The lowest BCUT2D eigenvalue weighted by molar-refractivity contribution is 0.759. The summed E-state index contributed by atoms with van der Waals surface area (Å²) in [6.07, 6.45) is 0. The van der Waals surface area contributed by atoms with Gasteiger partial charge in [-0.15, -0.1) is 22.2 Å². The molecule has 0 nitrogen and oxygen atoms in total. The van der Waals surface area contributed by atoms with Crippen LogP contribution in [0, 0.1) is 0 Å². The summed E-state index contributed by atoms with van der Waals surface area (Å²) >= 11 is 11.2. The lowest BCUT2D eigenvalue weighted by Crippen LogP contribution is -2.11. The second-order valence-corrected chi connectivity index (χ2v) is 7.38. The maximum Gasteiger partial charge on any atom is 0.279 e. The van der Waals surface area contributed by atoms with E-state index in [0.717, 1.165) is 0 Å². The molecule has 0 saturated carbocycles. The van der Waals surface area contributed by atoms with Gasteiger partial charge in [-0.1, -0.05) is 20.8 Å². The van der Waals surface area contributed by atoms with E-state index in [4.69, 9.17) is 22.2 Å². The van der Waals surface area contributed by atoms with Gasteiger partial charge in [0.2, 0.25) is 0 Å². The summed E-state index contributed by atoms with van der Waals surface area (Å²) in [6.45, 7) is 6.13. The Labute approximate surface area is 55.8 Å². The Bertz CT molecular complexity index is 55.2. The van der Waals surface area contributed by atoms with Crippen molar-refractivity contribution in [1.29, 1.82) is 0 Å². The van der Waals surface area contributed by atoms with Crippen molar-refractivity contribution in [3.63, 3.8) is 0 Å². The fourth-order valence-electron chi connectivity index (χ4n) is 0. The molecule has 0 N–H and O–H groups in total. The van der Waals surface area contributed by atoms with Crippen LogP contribution in [0.2, 0.25) is 5.04 Å². The standard InChI is InChI=1S/C4H9Cl2Si/c1-4(2,3)7(5)6/h1-3H3. The van der Waals surface area contributed by atoms with Gasteiger partial charge in [0, 0.05) is 0 Å². The van der Waals surface area contributed by atoms with Gasteiger partial charge in [0.05, 0.1) is 0 Å². The van der Waals surface area contributed by atoms with Crippen LogP contribution >= 0.6 is 22.2 Å². The fourth-order valence-corrected chi connectivity index (χ4v) is 0. The van der Waals surface area contributed by atoms with Gasteiger partial charge in [-0.05, 0) is 5.04 Å². The Morgan fingerprint density at radius 2 is 1.29 bits per heavy atom. The zero-order valence-corrected chi connectivity index (χ0v) is 7.27. The van der Waals surface area contributed by atoms with E-state index in [1.165, 1.54) is 0 Å². The Balaban J connectivity index is 3.54. The highest BCUT2D eigenvalue weighted by Gasteiger charge is 2.22. The first-order valence-corrected chi connectivity index (χ1v) is 5.65. The van der Waals surface area contributed by atoms with E-state index in [9.17, 15) is 0 Å². The summed E-state index contributed by atoms with van der Waals surface area (Å²) in [5.41, 5.74) is 0. The number of halogens is 2. The van der Waals surface area contributed by atoms with Crippen molar-refractivity contribution in [3.05, 3.63) is 0 Å². The van der Waals surface area contributed by atoms with Crippen LogP contribution in [-0.4, -0.2) is 7.42 Å². The molecular weight excluding hydrogens is 147 g/mol. The first-order chi connectivity index (χ1) is 2.94. The largest absolute Gasteiger partial charge is 0.279 e. The molecule has 3 heteroatoms. The van der Waals surface area contributed by atoms with Crippen molar-refractivity contribution in [2.24, 2.45) is 0 Å². The van der Waals surface area contributed by atoms with Crippen molar-refractivity contribution in [1.82, 2.24) is 0 Å². The summed E-state index contributed by atoms with van der Waals surface area (Å²) in [5.74, 6) is 0. The smallest absolute Gasteiger partial charge is 0.146 e. The zero-order valence-electron chi connectivity index (χ0n) is 4.76. The van der Waals surface area contributed by atoms with Crippen LogP contribution in [0.5, 0.6) is 0 Å². The van der Waals surface area contributed by atoms with Gasteiger partial charge in [0.15, 0.2) is 0 Å². The fraction of sp³-hybridized carbons (Fsp3) is 1.00. The summed E-state index contributed by atoms with van der Waals surface area (Å²) < 4.78 is 0. The van der Waals surface area contributed by atoms with Crippen LogP contribution in [-0.2, 0) is 0 Å². The van der Waals surface area contributed by atoms with Gasteiger partial charge in [0.25, 0.3) is 7.42 Å². The van der Waals surface area contributed by atoms with Gasteiger partial charge in [-0.2, -0.15) is 0 Å². The van der Waals surface area contributed by atoms with Crippen molar-refractivity contribution < 1.29 is 0 Å². The molecule has 1 radical (unpaired) electrons. The normalized spacial score (nSPS) is 12.9. The minimum atomic E-state index is -1.11. The molecule has 0 aliphatic carbocycles. The first kappa shape index (κ1) is 7.80. The van der Waals surface area contributed by atoms with Crippen LogP contribution in [0.1, 0.15) is 20.8 Å². The van der Waals surface area contributed by atoms with Crippen molar-refractivity contribution >= 4 is 29.6 Å². The molecule has 0 aromatic rings. The molecule has 7 heavy (non-hydrogen) atoms. The highest BCUT2D eigenvalue weighted by atomic mass is 35.7. The van der Waals surface area contributed by atoms with Crippen LogP contribution in [0.3, 0.4) is 0 Å². The monoisotopic (exact) mass is 155 g/mol. The highest BCUT2D eigenvalue weighted by molar-refractivity contribution is 7.34. The maximum atomic E-state index is 5.62. The molecule has 0 fully saturated rings. The van der Waals surface area contributed by atoms with Gasteiger partial charge < -0.3 is 0 Å². The molecule has 0 aliphatic rings. The maximum absolute atomic E-state index is 5.62. The molecule has 0 bridgehead atoms. The van der Waals surface area contributed by atoms with Crippen LogP contribution in [0.4, 0.5) is 0 Å². The van der Waals surface area contributed by atoms with E-state index in [-0.39, 0.29) is 5.04 Å². The second kappa shape index (κ2) is 2.38. The summed E-state index contributed by atoms with van der Waals surface area (Å²) in [6, 6.07) is 0. The average molecular weight is 156 g/mol. The molecule has 0 aromatic heterocycles. The predicted molar refractivity (Wildman–Crippen MR) is 37.2 cm³/mol. The summed E-state index contributed by atoms with van der Waals surface area (Å²) in [7, 11) is -1.11. The molecule has 0 aromatic carbocycles. The first-order valence-electron chi connectivity index (χ1n) is 2.13. The molecule has 0 aliphatic heterocycles. The van der Waals surface area contributed by atoms with Crippen LogP contribution < -0.4 is 0 Å². The number of hydrogen-bond donors (Lipinski definition) is 0. The summed E-state index contributed by atoms with van der Waals surface area (Å²) in [4.78, 5) is 0. The van der Waals surface area contributed by atoms with Crippen LogP contribution in [0.25, 0.3) is 0 Å². The molecule has 0 amide bonds. The highest BCUT2D eigenvalue weighted by Crippen LogP contribution is 2.30. The number of hydrogen-bond acceptors (Lipinski definition) is 0. The van der Waals surface area contributed by atoms with E-state index in [2.05, 4.69) is 0 Å². The quantitative estimate of drug-likeness (QED) is 0.373. The average Bonchev–Trinajstić information content (AvgIpc) is 1.31. The minimum absolute atomic E-state index is 0.133. The molecular formula is C4H9Cl2Si. The lowest BCUT2D eigenvalue weighted by Gasteiger charge is -2.15. The third-order valence-corrected chi connectivity index (χ3v) is 5.10. The van der Waals surface area contributed by atoms with Crippen molar-refractivity contribution in [2.45, 2.75) is 25.8 Å². The van der Waals surface area contributed by atoms with E-state index in [0.29, 0.717) is 0 Å². The minimum Gasteiger partial charge on any atom is -0.146 e. The van der Waals surface area contributed by atoms with Crippen molar-refractivity contribution in [2.75, 3.05) is 0 Å². The van der Waals surface area contributed by atoms with Crippen molar-refractivity contribution in [3.8, 4) is 0 Å². The Kier molecular flexibility index (Phi) is 2.65. The van der Waals surface area contributed by atoms with E-state index in [1.807, 2.05) is 20.8 Å². The Morgan fingerprint density at radius 3 is 1.29 bits per heavy atom. The molecule has 0 atom stereocenters. The SMILES string of the molecule is CC(C)(C)[Si](Cl)Cl. The van der Waals surface area contributed by atoms with Gasteiger partial charge >= 0.3 is 0 Å². The molecule has 0 rings (SSSR count). The van der Waals surface area contributed by atoms with Crippen LogP contribution in [0.15, 0.2) is 0 Å². The van der Waals surface area contributed by atoms with Gasteiger partial charge in [0.1, 0.15) is 0 Å². The lowest BCUT2D eigenvalue weighted by atomic mass is 10.3. The Hall–Kier alpha value is 0.797. The third-order valence-electron chi connectivity index (χ3n) is 0.567. The molecule has 0 heterocycles. The van der Waals surface area contributed by atoms with Gasteiger partial charge in [-0.3, -0.25) is 0 Å². The Morgan fingerprint density at radius 1 is 1.14 bits per heavy atom. The van der Waals surface area contributed by atoms with Gasteiger partial charge in [-0.25, -0.2) is 0 Å². The molecule has 43 valence electrons. The zero-order chi connectivity index (χ0) is 6.08. The van der Waals surface area contributed by atoms with E-state index < -0.39 is 7.42 Å². The predicted octanol–water partition coefficient (Wildman–Crippen LogP) is 2.75. The molecule has 0 unspecified atom stereocenters. The van der Waals surface area contributed by atoms with E-state index in [1.54, 1.807) is 0 Å². The third kappa shape index (κ3) is 3.39. The van der Waals surface area contributed by atoms with E-state index >= 15 is 0 Å². The summed E-state index contributed by atoms with van der Waals surface area (Å²) in [5, 5.41) is 0.133. The topological polar surface area (TPSA) is 0 Å².